The van der Waals surface area contributed by atoms with Crippen molar-refractivity contribution in [3.05, 3.63) is 12.2 Å². The van der Waals surface area contributed by atoms with Crippen molar-refractivity contribution in [3.63, 3.8) is 0 Å². The molecule has 0 bridgehead atoms. The molecule has 1 fully saturated rings. The van der Waals surface area contributed by atoms with Gasteiger partial charge in [-0.2, -0.15) is 0 Å². The first-order valence-electron chi connectivity index (χ1n) is 7.53. The fourth-order valence-corrected chi connectivity index (χ4v) is 3.33. The van der Waals surface area contributed by atoms with E-state index in [1.807, 2.05) is 13.8 Å². The molecular weight excluding hydrogens is 224 g/mol. The Bertz CT molecular complexity index is 259. The zero-order valence-corrected chi connectivity index (χ0v) is 11.9. The summed E-state index contributed by atoms with van der Waals surface area (Å²) in [6.45, 7) is 4.40. The Kier molecular flexibility index (Phi) is 4.85. The summed E-state index contributed by atoms with van der Waals surface area (Å²) in [5.41, 5.74) is -0.593. The molecule has 2 unspecified atom stereocenters. The number of rotatable bonds is 4. The minimum absolute atomic E-state index is 0.445. The molecule has 0 saturated heterocycles. The third-order valence-corrected chi connectivity index (χ3v) is 4.44. The average Bonchev–Trinajstić information content (AvgIpc) is 2.58. The maximum absolute atomic E-state index is 9.68. The third-order valence-electron chi connectivity index (χ3n) is 4.44. The molecule has 3 atom stereocenters. The van der Waals surface area contributed by atoms with Gasteiger partial charge in [0, 0.05) is 6.61 Å². The Hall–Kier alpha value is -0.340. The van der Waals surface area contributed by atoms with E-state index in [9.17, 15) is 5.11 Å². The normalized spacial score (nSPS) is 34.7. The van der Waals surface area contributed by atoms with Gasteiger partial charge < -0.3 is 9.84 Å². The molecule has 2 rings (SSSR count). The van der Waals surface area contributed by atoms with Gasteiger partial charge >= 0.3 is 0 Å². The Morgan fingerprint density at radius 2 is 1.67 bits per heavy atom. The lowest BCUT2D eigenvalue weighted by molar-refractivity contribution is -0.00114. The summed E-state index contributed by atoms with van der Waals surface area (Å²) < 4.78 is 5.97. The van der Waals surface area contributed by atoms with Crippen LogP contribution in [0.25, 0.3) is 0 Å². The SMILES string of the molecule is CC(C)(O)CCOC1CC2CC/C=C/CC[C@H]2C1. The predicted octanol–water partition coefficient (Wildman–Crippen LogP) is 3.69. The van der Waals surface area contributed by atoms with E-state index in [2.05, 4.69) is 12.2 Å². The molecule has 0 spiro atoms. The number of hydrogen-bond donors (Lipinski definition) is 1. The monoisotopic (exact) mass is 252 g/mol. The summed E-state index contributed by atoms with van der Waals surface area (Å²) in [4.78, 5) is 0. The quantitative estimate of drug-likeness (QED) is 0.773. The fraction of sp³-hybridized carbons (Fsp3) is 0.875. The second-order valence-corrected chi connectivity index (χ2v) is 6.67. The lowest BCUT2D eigenvalue weighted by Crippen LogP contribution is -2.22. The average molecular weight is 252 g/mol. The van der Waals surface area contributed by atoms with Crippen LogP contribution < -0.4 is 0 Å². The van der Waals surface area contributed by atoms with Crippen LogP contribution in [0.1, 0.15) is 58.8 Å². The summed E-state index contributed by atoms with van der Waals surface area (Å²) in [6.07, 6.45) is 13.5. The maximum Gasteiger partial charge on any atom is 0.0613 e. The van der Waals surface area contributed by atoms with E-state index in [4.69, 9.17) is 4.74 Å². The first kappa shape index (κ1) is 14.1. The molecule has 2 nitrogen and oxygen atoms in total. The first-order chi connectivity index (χ1) is 8.54. The van der Waals surface area contributed by atoms with Gasteiger partial charge in [-0.1, -0.05) is 12.2 Å². The molecule has 2 heteroatoms. The van der Waals surface area contributed by atoms with Gasteiger partial charge in [0.05, 0.1) is 11.7 Å². The van der Waals surface area contributed by atoms with Crippen molar-refractivity contribution in [1.29, 1.82) is 0 Å². The van der Waals surface area contributed by atoms with Crippen molar-refractivity contribution in [2.75, 3.05) is 6.61 Å². The van der Waals surface area contributed by atoms with Gasteiger partial charge in [-0.3, -0.25) is 0 Å². The van der Waals surface area contributed by atoms with E-state index in [1.165, 1.54) is 38.5 Å². The molecule has 1 N–H and O–H groups in total. The highest BCUT2D eigenvalue weighted by atomic mass is 16.5. The second kappa shape index (κ2) is 6.21. The Morgan fingerprint density at radius 3 is 2.17 bits per heavy atom. The largest absolute Gasteiger partial charge is 0.390 e. The van der Waals surface area contributed by atoms with Crippen LogP contribution in [0.5, 0.6) is 0 Å². The molecule has 0 amide bonds. The minimum Gasteiger partial charge on any atom is -0.390 e. The third kappa shape index (κ3) is 4.40. The molecule has 104 valence electrons. The number of aliphatic hydroxyl groups is 1. The molecule has 0 aliphatic heterocycles. The van der Waals surface area contributed by atoms with Crippen molar-refractivity contribution in [1.82, 2.24) is 0 Å². The maximum atomic E-state index is 9.68. The van der Waals surface area contributed by atoms with Crippen molar-refractivity contribution in [2.45, 2.75) is 70.5 Å². The Labute approximate surface area is 111 Å². The number of ether oxygens (including phenoxy) is 1. The summed E-state index contributed by atoms with van der Waals surface area (Å²) >= 11 is 0. The molecular formula is C16H28O2. The van der Waals surface area contributed by atoms with Gasteiger partial charge in [-0.05, 0) is 70.6 Å². The molecule has 0 aromatic rings. The molecule has 0 radical (unpaired) electrons. The zero-order chi connectivity index (χ0) is 13.0. The fourth-order valence-electron chi connectivity index (χ4n) is 3.33. The van der Waals surface area contributed by atoms with Gasteiger partial charge in [0.25, 0.3) is 0 Å². The standard InChI is InChI=1S/C16H28O2/c1-16(2,17)9-10-18-15-11-13-7-5-3-4-6-8-14(13)12-15/h3-4,13-15,17H,5-12H2,1-2H3/b4-3+/t13-,14?,15?/m0/s1. The van der Waals surface area contributed by atoms with Crippen molar-refractivity contribution >= 4 is 0 Å². The van der Waals surface area contributed by atoms with E-state index in [1.54, 1.807) is 0 Å². The first-order valence-corrected chi connectivity index (χ1v) is 7.53. The number of hydrogen-bond acceptors (Lipinski definition) is 2. The predicted molar refractivity (Wildman–Crippen MR) is 74.5 cm³/mol. The van der Waals surface area contributed by atoms with Crippen LogP contribution in [0.15, 0.2) is 12.2 Å². The van der Waals surface area contributed by atoms with Gasteiger partial charge in [0.2, 0.25) is 0 Å². The van der Waals surface area contributed by atoms with Crippen molar-refractivity contribution < 1.29 is 9.84 Å². The van der Waals surface area contributed by atoms with Crippen molar-refractivity contribution in [2.24, 2.45) is 11.8 Å². The number of fused-ring (bicyclic) bond motifs is 1. The summed E-state index contributed by atoms with van der Waals surface area (Å²) in [7, 11) is 0. The molecule has 2 aliphatic carbocycles. The summed E-state index contributed by atoms with van der Waals surface area (Å²) in [5, 5.41) is 9.68. The van der Waals surface area contributed by atoms with Gasteiger partial charge in [0.1, 0.15) is 0 Å². The topological polar surface area (TPSA) is 29.5 Å². The Balaban J connectivity index is 1.74. The molecule has 1 saturated carbocycles. The van der Waals surface area contributed by atoms with Crippen LogP contribution in [0.4, 0.5) is 0 Å². The van der Waals surface area contributed by atoms with Crippen LogP contribution in [-0.2, 0) is 4.74 Å². The molecule has 0 aromatic carbocycles. The van der Waals surface area contributed by atoms with E-state index in [0.29, 0.717) is 12.7 Å². The van der Waals surface area contributed by atoms with Crippen molar-refractivity contribution in [3.8, 4) is 0 Å². The molecule has 2 aliphatic rings. The van der Waals surface area contributed by atoms with Crippen LogP contribution >= 0.6 is 0 Å². The van der Waals surface area contributed by atoms with Crippen LogP contribution in [0.3, 0.4) is 0 Å². The highest BCUT2D eigenvalue weighted by Gasteiger charge is 2.34. The molecule has 0 aromatic heterocycles. The lowest BCUT2D eigenvalue weighted by atomic mass is 9.86. The number of allylic oxidation sites excluding steroid dienone is 2. The highest BCUT2D eigenvalue weighted by molar-refractivity contribution is 4.92. The Morgan fingerprint density at radius 1 is 1.11 bits per heavy atom. The van der Waals surface area contributed by atoms with Gasteiger partial charge in [0.15, 0.2) is 0 Å². The van der Waals surface area contributed by atoms with Gasteiger partial charge in [-0.25, -0.2) is 0 Å². The summed E-state index contributed by atoms with van der Waals surface area (Å²) in [6, 6.07) is 0. The van der Waals surface area contributed by atoms with E-state index < -0.39 is 5.60 Å². The smallest absolute Gasteiger partial charge is 0.0613 e. The van der Waals surface area contributed by atoms with Gasteiger partial charge in [-0.15, -0.1) is 0 Å². The van der Waals surface area contributed by atoms with E-state index >= 15 is 0 Å². The van der Waals surface area contributed by atoms with Crippen LogP contribution in [0, 0.1) is 11.8 Å². The molecule has 18 heavy (non-hydrogen) atoms. The lowest BCUT2D eigenvalue weighted by Gasteiger charge is -2.19. The second-order valence-electron chi connectivity index (χ2n) is 6.67. The minimum atomic E-state index is -0.593. The van der Waals surface area contributed by atoms with E-state index in [0.717, 1.165) is 18.3 Å². The van der Waals surface area contributed by atoms with Crippen LogP contribution in [-0.4, -0.2) is 23.4 Å². The molecule has 0 heterocycles. The highest BCUT2D eigenvalue weighted by Crippen LogP contribution is 2.40. The zero-order valence-electron chi connectivity index (χ0n) is 11.9. The summed E-state index contributed by atoms with van der Waals surface area (Å²) in [5.74, 6) is 1.75. The van der Waals surface area contributed by atoms with E-state index in [-0.39, 0.29) is 0 Å². The van der Waals surface area contributed by atoms with Crippen LogP contribution in [0.2, 0.25) is 0 Å².